The molecule has 162 valence electrons. The van der Waals surface area contributed by atoms with Gasteiger partial charge in [0.15, 0.2) is 6.61 Å². The third-order valence-electron chi connectivity index (χ3n) is 5.51. The number of carbonyl (C=O) groups is 3. The summed E-state index contributed by atoms with van der Waals surface area (Å²) in [7, 11) is 1.34. The fourth-order valence-electron chi connectivity index (χ4n) is 3.85. The average molecular weight is 422 g/mol. The molecule has 7 heteroatoms. The molecule has 3 rings (SSSR count). The van der Waals surface area contributed by atoms with E-state index in [1.165, 1.54) is 7.11 Å². The summed E-state index contributed by atoms with van der Waals surface area (Å²) in [6.45, 7) is 7.32. The number of benzene rings is 1. The van der Waals surface area contributed by atoms with Gasteiger partial charge in [-0.25, -0.2) is 4.79 Å². The molecule has 0 amide bonds. The molecule has 0 unspecified atom stereocenters. The van der Waals surface area contributed by atoms with E-state index in [0.29, 0.717) is 23.4 Å². The molecule has 2 heterocycles. The van der Waals surface area contributed by atoms with Crippen molar-refractivity contribution in [3.63, 3.8) is 0 Å². The van der Waals surface area contributed by atoms with Crippen LogP contribution in [0.15, 0.2) is 30.3 Å². The van der Waals surface area contributed by atoms with E-state index >= 15 is 0 Å². The predicted octanol–water partition coefficient (Wildman–Crippen LogP) is 3.87. The molecule has 7 nitrogen and oxygen atoms in total. The van der Waals surface area contributed by atoms with Gasteiger partial charge in [0.25, 0.3) is 0 Å². The molecule has 0 saturated heterocycles. The van der Waals surface area contributed by atoms with Crippen molar-refractivity contribution >= 4 is 28.6 Å². The summed E-state index contributed by atoms with van der Waals surface area (Å²) in [4.78, 5) is 41.4. The van der Waals surface area contributed by atoms with Gasteiger partial charge in [0, 0.05) is 28.9 Å². The van der Waals surface area contributed by atoms with Crippen molar-refractivity contribution in [1.82, 2.24) is 9.55 Å². The van der Waals surface area contributed by atoms with Crippen LogP contribution in [0.5, 0.6) is 0 Å². The first kappa shape index (κ1) is 22.2. The van der Waals surface area contributed by atoms with Gasteiger partial charge in [0.1, 0.15) is 0 Å². The summed E-state index contributed by atoms with van der Waals surface area (Å²) in [5, 5.41) is 0.875. The minimum absolute atomic E-state index is 0.211. The maximum atomic E-state index is 12.8. The van der Waals surface area contributed by atoms with Crippen LogP contribution in [0.3, 0.4) is 0 Å². The van der Waals surface area contributed by atoms with E-state index in [0.717, 1.165) is 27.9 Å². The number of ether oxygens (including phenoxy) is 2. The number of ketones is 1. The van der Waals surface area contributed by atoms with Crippen LogP contribution in [0, 0.1) is 27.7 Å². The Morgan fingerprint density at radius 3 is 2.48 bits per heavy atom. The van der Waals surface area contributed by atoms with Crippen LogP contribution in [-0.2, 0) is 20.8 Å². The minimum atomic E-state index is -0.568. The SMILES string of the molecule is COC(=O)CCn1c(C)cc(C(=O)COC(=O)c2c(C)nc3ccccc3c2C)c1C. The van der Waals surface area contributed by atoms with Crippen LogP contribution in [0.25, 0.3) is 10.9 Å². The molecule has 0 bridgehead atoms. The molecule has 31 heavy (non-hydrogen) atoms. The standard InChI is InChI=1S/C24H26N2O5/c1-14-12-19(17(4)26(14)11-10-22(28)30-5)21(27)13-31-24(29)23-15(2)18-8-6-7-9-20(18)25-16(23)3/h6-9,12H,10-11,13H2,1-5H3. The van der Waals surface area contributed by atoms with Crippen molar-refractivity contribution in [2.75, 3.05) is 13.7 Å². The Morgan fingerprint density at radius 2 is 1.77 bits per heavy atom. The molecule has 0 N–H and O–H groups in total. The lowest BCUT2D eigenvalue weighted by Crippen LogP contribution is -2.17. The molecule has 0 fully saturated rings. The van der Waals surface area contributed by atoms with Gasteiger partial charge < -0.3 is 14.0 Å². The molecule has 3 aromatic rings. The normalized spacial score (nSPS) is 10.9. The molecular formula is C24H26N2O5. The largest absolute Gasteiger partial charge is 0.469 e. The van der Waals surface area contributed by atoms with Gasteiger partial charge in [-0.3, -0.25) is 14.6 Å². The number of rotatable bonds is 7. The number of para-hydroxylation sites is 1. The quantitative estimate of drug-likeness (QED) is 0.424. The van der Waals surface area contributed by atoms with Crippen molar-refractivity contribution in [1.29, 1.82) is 0 Å². The molecule has 1 aromatic carbocycles. The highest BCUT2D eigenvalue weighted by Crippen LogP contribution is 2.23. The summed E-state index contributed by atoms with van der Waals surface area (Å²) in [6.07, 6.45) is 0.211. The topological polar surface area (TPSA) is 87.5 Å². The third kappa shape index (κ3) is 4.50. The Hall–Kier alpha value is -3.48. The number of hydrogen-bond acceptors (Lipinski definition) is 6. The molecule has 0 radical (unpaired) electrons. The summed E-state index contributed by atoms with van der Waals surface area (Å²) in [6, 6.07) is 9.33. The van der Waals surface area contributed by atoms with Gasteiger partial charge in [-0.2, -0.15) is 0 Å². The van der Waals surface area contributed by atoms with E-state index in [-0.39, 0.29) is 24.8 Å². The lowest BCUT2D eigenvalue weighted by atomic mass is 10.0. The van der Waals surface area contributed by atoms with Crippen LogP contribution >= 0.6 is 0 Å². The number of aromatic nitrogens is 2. The number of nitrogens with zero attached hydrogens (tertiary/aromatic N) is 2. The molecule has 0 aliphatic heterocycles. The number of pyridine rings is 1. The van der Waals surface area contributed by atoms with Crippen molar-refractivity contribution in [3.8, 4) is 0 Å². The van der Waals surface area contributed by atoms with Crippen molar-refractivity contribution in [3.05, 3.63) is 64.1 Å². The first-order valence-electron chi connectivity index (χ1n) is 10.0. The Balaban J connectivity index is 1.75. The van der Waals surface area contributed by atoms with E-state index in [2.05, 4.69) is 9.72 Å². The monoisotopic (exact) mass is 422 g/mol. The lowest BCUT2D eigenvalue weighted by Gasteiger charge is -2.12. The fraction of sp³-hybridized carbons (Fsp3) is 0.333. The number of methoxy groups -OCH3 is 1. The smallest absolute Gasteiger partial charge is 0.340 e. The summed E-state index contributed by atoms with van der Waals surface area (Å²) in [5.74, 6) is -1.18. The Kier molecular flexibility index (Phi) is 6.53. The lowest BCUT2D eigenvalue weighted by molar-refractivity contribution is -0.140. The fourth-order valence-corrected chi connectivity index (χ4v) is 3.85. The molecule has 0 aliphatic rings. The van der Waals surface area contributed by atoms with E-state index in [1.807, 2.05) is 42.7 Å². The zero-order chi connectivity index (χ0) is 22.7. The highest BCUT2D eigenvalue weighted by Gasteiger charge is 2.21. The second kappa shape index (κ2) is 9.12. The van der Waals surface area contributed by atoms with E-state index in [4.69, 9.17) is 4.74 Å². The molecule has 0 saturated carbocycles. The Labute approximate surface area is 181 Å². The second-order valence-electron chi connectivity index (χ2n) is 7.48. The van der Waals surface area contributed by atoms with Crippen LogP contribution in [0.4, 0.5) is 0 Å². The Morgan fingerprint density at radius 1 is 1.06 bits per heavy atom. The summed E-state index contributed by atoms with van der Waals surface area (Å²) in [5.41, 5.74) is 4.58. The van der Waals surface area contributed by atoms with Crippen LogP contribution in [0.1, 0.15) is 49.8 Å². The number of aryl methyl sites for hydroxylation is 3. The first-order valence-corrected chi connectivity index (χ1v) is 10.0. The molecule has 0 atom stereocenters. The highest BCUT2D eigenvalue weighted by atomic mass is 16.5. The van der Waals surface area contributed by atoms with Gasteiger partial charge in [0.05, 0.1) is 30.3 Å². The zero-order valence-electron chi connectivity index (χ0n) is 18.4. The van der Waals surface area contributed by atoms with Crippen molar-refractivity contribution in [2.45, 2.75) is 40.7 Å². The number of Topliss-reactive ketones (excluding diaryl/α,β-unsaturated/α-hetero) is 1. The molecular weight excluding hydrogens is 396 g/mol. The second-order valence-corrected chi connectivity index (χ2v) is 7.48. The van der Waals surface area contributed by atoms with Gasteiger partial charge in [-0.15, -0.1) is 0 Å². The Bertz CT molecular complexity index is 1180. The summed E-state index contributed by atoms with van der Waals surface area (Å²) < 4.78 is 11.9. The number of fused-ring (bicyclic) bond motifs is 1. The van der Waals surface area contributed by atoms with Gasteiger partial charge >= 0.3 is 11.9 Å². The van der Waals surface area contributed by atoms with Crippen LogP contribution in [0.2, 0.25) is 0 Å². The van der Waals surface area contributed by atoms with Gasteiger partial charge in [0.2, 0.25) is 5.78 Å². The van der Waals surface area contributed by atoms with Crippen molar-refractivity contribution in [2.24, 2.45) is 0 Å². The van der Waals surface area contributed by atoms with E-state index in [9.17, 15) is 14.4 Å². The maximum absolute atomic E-state index is 12.8. The molecule has 0 aliphatic carbocycles. The predicted molar refractivity (Wildman–Crippen MR) is 116 cm³/mol. The third-order valence-corrected chi connectivity index (χ3v) is 5.51. The maximum Gasteiger partial charge on any atom is 0.340 e. The van der Waals surface area contributed by atoms with Gasteiger partial charge in [-0.1, -0.05) is 18.2 Å². The van der Waals surface area contributed by atoms with Crippen molar-refractivity contribution < 1.29 is 23.9 Å². The highest BCUT2D eigenvalue weighted by molar-refractivity contribution is 6.02. The number of hydrogen-bond donors (Lipinski definition) is 0. The van der Waals surface area contributed by atoms with E-state index in [1.54, 1.807) is 19.9 Å². The van der Waals surface area contributed by atoms with Crippen LogP contribution < -0.4 is 0 Å². The average Bonchev–Trinajstić information content (AvgIpc) is 3.03. The van der Waals surface area contributed by atoms with Gasteiger partial charge in [-0.05, 0) is 45.4 Å². The summed E-state index contributed by atoms with van der Waals surface area (Å²) >= 11 is 0. The zero-order valence-corrected chi connectivity index (χ0v) is 18.4. The first-order chi connectivity index (χ1) is 14.7. The molecule has 2 aromatic heterocycles. The number of carbonyl (C=O) groups excluding carboxylic acids is 3. The number of esters is 2. The van der Waals surface area contributed by atoms with E-state index < -0.39 is 5.97 Å². The van der Waals surface area contributed by atoms with Crippen LogP contribution in [-0.4, -0.2) is 41.0 Å². The minimum Gasteiger partial charge on any atom is -0.469 e. The molecule has 0 spiro atoms.